The molecule has 0 bridgehead atoms. The first-order chi connectivity index (χ1) is 9.22. The summed E-state index contributed by atoms with van der Waals surface area (Å²) in [6.07, 6.45) is 6.08. The zero-order valence-corrected chi connectivity index (χ0v) is 12.6. The summed E-state index contributed by atoms with van der Waals surface area (Å²) < 4.78 is 0.716. The summed E-state index contributed by atoms with van der Waals surface area (Å²) in [6.45, 7) is 0. The molecule has 2 heterocycles. The fourth-order valence-corrected chi connectivity index (χ4v) is 3.36. The molecule has 0 radical (unpaired) electrons. The van der Waals surface area contributed by atoms with E-state index < -0.39 is 0 Å². The maximum atomic E-state index is 12.0. The van der Waals surface area contributed by atoms with Crippen molar-refractivity contribution in [3.05, 3.63) is 39.1 Å². The van der Waals surface area contributed by atoms with Gasteiger partial charge in [0, 0.05) is 11.1 Å². The van der Waals surface area contributed by atoms with Gasteiger partial charge in [0.1, 0.15) is 4.60 Å². The molecular weight excluding hydrogens is 326 g/mol. The topological polar surface area (TPSA) is 54.9 Å². The van der Waals surface area contributed by atoms with Crippen LogP contribution in [0.4, 0.5) is 5.13 Å². The van der Waals surface area contributed by atoms with Gasteiger partial charge in [0.05, 0.1) is 11.3 Å². The van der Waals surface area contributed by atoms with Crippen LogP contribution in [0.25, 0.3) is 0 Å². The molecule has 3 rings (SSSR count). The molecule has 98 valence electrons. The summed E-state index contributed by atoms with van der Waals surface area (Å²) in [5.41, 5.74) is 1.69. The predicted octanol–water partition coefficient (Wildman–Crippen LogP) is 3.43. The lowest BCUT2D eigenvalue weighted by molar-refractivity contribution is 0.102. The highest BCUT2D eigenvalue weighted by atomic mass is 79.9. The maximum Gasteiger partial charge on any atom is 0.259 e. The lowest BCUT2D eigenvalue weighted by Gasteiger charge is -2.06. The lowest BCUT2D eigenvalue weighted by atomic mass is 10.0. The molecule has 6 heteroatoms. The van der Waals surface area contributed by atoms with Crippen molar-refractivity contribution < 1.29 is 4.79 Å². The van der Waals surface area contributed by atoms with E-state index in [0.717, 1.165) is 18.5 Å². The fourth-order valence-electron chi connectivity index (χ4n) is 2.08. The average molecular weight is 338 g/mol. The van der Waals surface area contributed by atoms with Crippen molar-refractivity contribution in [3.8, 4) is 0 Å². The number of hydrogen-bond donors (Lipinski definition) is 1. The molecule has 0 aliphatic heterocycles. The van der Waals surface area contributed by atoms with Gasteiger partial charge in [0.25, 0.3) is 5.91 Å². The first-order valence-corrected chi connectivity index (χ1v) is 7.75. The Kier molecular flexibility index (Phi) is 3.61. The highest BCUT2D eigenvalue weighted by molar-refractivity contribution is 9.10. The SMILES string of the molecule is O=C(Nc1nc2c(s1)CCCC2)c1ccc(Br)nc1. The van der Waals surface area contributed by atoms with E-state index in [1.807, 2.05) is 0 Å². The third-order valence-corrected chi connectivity index (χ3v) is 4.60. The van der Waals surface area contributed by atoms with Gasteiger partial charge in [-0.3, -0.25) is 10.1 Å². The van der Waals surface area contributed by atoms with Gasteiger partial charge in [-0.05, 0) is 53.7 Å². The molecule has 4 nitrogen and oxygen atoms in total. The number of nitrogens with zero attached hydrogens (tertiary/aromatic N) is 2. The van der Waals surface area contributed by atoms with Gasteiger partial charge in [0.15, 0.2) is 5.13 Å². The van der Waals surface area contributed by atoms with Gasteiger partial charge >= 0.3 is 0 Å². The minimum Gasteiger partial charge on any atom is -0.298 e. The van der Waals surface area contributed by atoms with E-state index in [4.69, 9.17) is 0 Å². The van der Waals surface area contributed by atoms with Crippen LogP contribution in [0.3, 0.4) is 0 Å². The molecular formula is C13H12BrN3OS. The highest BCUT2D eigenvalue weighted by Gasteiger charge is 2.16. The molecule has 0 unspecified atom stereocenters. The van der Waals surface area contributed by atoms with Crippen molar-refractivity contribution in [2.45, 2.75) is 25.7 Å². The van der Waals surface area contributed by atoms with E-state index in [0.29, 0.717) is 15.3 Å². The number of anilines is 1. The number of carbonyl (C=O) groups is 1. The molecule has 0 atom stereocenters. The Morgan fingerprint density at radius 1 is 1.32 bits per heavy atom. The zero-order valence-electron chi connectivity index (χ0n) is 10.1. The summed E-state index contributed by atoms with van der Waals surface area (Å²) in [5, 5.41) is 3.54. The molecule has 0 fully saturated rings. The van der Waals surface area contributed by atoms with E-state index >= 15 is 0 Å². The van der Waals surface area contributed by atoms with E-state index in [1.54, 1.807) is 29.7 Å². The summed E-state index contributed by atoms with van der Waals surface area (Å²) >= 11 is 4.84. The molecule has 19 heavy (non-hydrogen) atoms. The van der Waals surface area contributed by atoms with Gasteiger partial charge < -0.3 is 0 Å². The van der Waals surface area contributed by atoms with Crippen LogP contribution < -0.4 is 5.32 Å². The van der Waals surface area contributed by atoms with Crippen LogP contribution in [-0.2, 0) is 12.8 Å². The number of aryl methyl sites for hydroxylation is 2. The van der Waals surface area contributed by atoms with Gasteiger partial charge in [0.2, 0.25) is 0 Å². The Morgan fingerprint density at radius 3 is 2.89 bits per heavy atom. The smallest absolute Gasteiger partial charge is 0.259 e. The minimum atomic E-state index is -0.161. The van der Waals surface area contributed by atoms with Crippen LogP contribution in [0.15, 0.2) is 22.9 Å². The second-order valence-electron chi connectivity index (χ2n) is 4.42. The maximum absolute atomic E-state index is 12.0. The minimum absolute atomic E-state index is 0.161. The molecule has 2 aromatic rings. The van der Waals surface area contributed by atoms with Gasteiger partial charge in [-0.15, -0.1) is 11.3 Å². The standard InChI is InChI=1S/C13H12BrN3OS/c14-11-6-5-8(7-15-11)12(18)17-13-16-9-3-1-2-4-10(9)19-13/h5-7H,1-4H2,(H,16,17,18). The third-order valence-electron chi connectivity index (χ3n) is 3.06. The molecule has 0 spiro atoms. The van der Waals surface area contributed by atoms with Crippen molar-refractivity contribution in [2.24, 2.45) is 0 Å². The monoisotopic (exact) mass is 337 g/mol. The number of thiazole rings is 1. The summed E-state index contributed by atoms with van der Waals surface area (Å²) in [7, 11) is 0. The Labute approximate surface area is 123 Å². The largest absolute Gasteiger partial charge is 0.298 e. The van der Waals surface area contributed by atoms with Crippen molar-refractivity contribution in [1.82, 2.24) is 9.97 Å². The van der Waals surface area contributed by atoms with Gasteiger partial charge in [-0.1, -0.05) is 0 Å². The van der Waals surface area contributed by atoms with Crippen molar-refractivity contribution >= 4 is 38.3 Å². The van der Waals surface area contributed by atoms with Gasteiger partial charge in [-0.25, -0.2) is 9.97 Å². The molecule has 0 aromatic carbocycles. The lowest BCUT2D eigenvalue weighted by Crippen LogP contribution is -2.12. The first-order valence-electron chi connectivity index (χ1n) is 6.14. The molecule has 1 aliphatic rings. The highest BCUT2D eigenvalue weighted by Crippen LogP contribution is 2.29. The van der Waals surface area contributed by atoms with E-state index in [-0.39, 0.29) is 5.91 Å². The predicted molar refractivity (Wildman–Crippen MR) is 78.6 cm³/mol. The van der Waals surface area contributed by atoms with Crippen LogP contribution in [0.2, 0.25) is 0 Å². The normalized spacial score (nSPS) is 13.9. The van der Waals surface area contributed by atoms with Crippen LogP contribution >= 0.6 is 27.3 Å². The Bertz CT molecular complexity index is 585. The number of amides is 1. The van der Waals surface area contributed by atoms with Crippen molar-refractivity contribution in [1.29, 1.82) is 0 Å². The fraction of sp³-hybridized carbons (Fsp3) is 0.308. The van der Waals surface area contributed by atoms with E-state index in [9.17, 15) is 4.79 Å². The second-order valence-corrected chi connectivity index (χ2v) is 6.32. The molecule has 0 saturated carbocycles. The van der Waals surface area contributed by atoms with Gasteiger partial charge in [-0.2, -0.15) is 0 Å². The summed E-state index contributed by atoms with van der Waals surface area (Å²) in [5.74, 6) is -0.161. The average Bonchev–Trinajstić information content (AvgIpc) is 2.81. The second kappa shape index (κ2) is 5.38. The number of halogens is 1. The molecule has 1 aliphatic carbocycles. The quantitative estimate of drug-likeness (QED) is 0.854. The van der Waals surface area contributed by atoms with Crippen molar-refractivity contribution in [3.63, 3.8) is 0 Å². The first kappa shape index (κ1) is 12.7. The van der Waals surface area contributed by atoms with Crippen LogP contribution in [0.1, 0.15) is 33.8 Å². The molecule has 2 aromatic heterocycles. The van der Waals surface area contributed by atoms with Crippen molar-refractivity contribution in [2.75, 3.05) is 5.32 Å². The molecule has 0 saturated heterocycles. The number of fused-ring (bicyclic) bond motifs is 1. The zero-order chi connectivity index (χ0) is 13.2. The van der Waals surface area contributed by atoms with Crippen LogP contribution in [0, 0.1) is 0 Å². The Morgan fingerprint density at radius 2 is 2.16 bits per heavy atom. The van der Waals surface area contributed by atoms with Crippen LogP contribution in [0.5, 0.6) is 0 Å². The van der Waals surface area contributed by atoms with E-state index in [2.05, 4.69) is 31.2 Å². The Hall–Kier alpha value is -1.27. The van der Waals surface area contributed by atoms with Crippen LogP contribution in [-0.4, -0.2) is 15.9 Å². The third kappa shape index (κ3) is 2.84. The Balaban J connectivity index is 1.75. The molecule has 1 amide bonds. The number of hydrogen-bond acceptors (Lipinski definition) is 4. The number of carbonyl (C=O) groups excluding carboxylic acids is 1. The summed E-state index contributed by atoms with van der Waals surface area (Å²) in [4.78, 5) is 21.9. The molecule has 1 N–H and O–H groups in total. The summed E-state index contributed by atoms with van der Waals surface area (Å²) in [6, 6.07) is 3.49. The number of aromatic nitrogens is 2. The number of pyridine rings is 1. The van der Waals surface area contributed by atoms with E-state index in [1.165, 1.54) is 17.7 Å². The number of nitrogens with one attached hydrogen (secondary N) is 1. The number of rotatable bonds is 2.